The second-order valence-corrected chi connectivity index (χ2v) is 14.2. The Balaban J connectivity index is 0.00000297. The van der Waals surface area contributed by atoms with Gasteiger partial charge in [-0.1, -0.05) is 30.0 Å². The number of aromatic nitrogens is 6. The lowest BCUT2D eigenvalue weighted by Gasteiger charge is -2.15. The second kappa shape index (κ2) is 19.4. The minimum atomic E-state index is -4.82. The van der Waals surface area contributed by atoms with E-state index in [1.807, 2.05) is 42.1 Å². The van der Waals surface area contributed by atoms with Crippen molar-refractivity contribution in [1.82, 2.24) is 34.4 Å². The lowest BCUT2D eigenvalue weighted by molar-refractivity contribution is -0.140. The van der Waals surface area contributed by atoms with Gasteiger partial charge in [-0.05, 0) is 53.6 Å². The van der Waals surface area contributed by atoms with Crippen molar-refractivity contribution in [3.8, 4) is 41.9 Å². The fourth-order valence-corrected chi connectivity index (χ4v) is 7.36. The van der Waals surface area contributed by atoms with E-state index < -0.39 is 17.6 Å². The van der Waals surface area contributed by atoms with Gasteiger partial charge < -0.3 is 29.2 Å². The molecule has 0 spiro atoms. The van der Waals surface area contributed by atoms with Gasteiger partial charge in [0.1, 0.15) is 40.2 Å². The Bertz CT molecular complexity index is 2740. The number of terminal acetylenes is 1. The number of aryl methyl sites for hydroxylation is 1. The maximum absolute atomic E-state index is 13.7. The zero-order valence-corrected chi connectivity index (χ0v) is 33.3. The van der Waals surface area contributed by atoms with E-state index in [1.54, 1.807) is 42.4 Å². The average Bonchev–Trinajstić information content (AvgIpc) is 3.94. The van der Waals surface area contributed by atoms with Gasteiger partial charge in [0.2, 0.25) is 0 Å². The molecule has 7 aromatic rings. The molecule has 0 radical (unpaired) electrons. The summed E-state index contributed by atoms with van der Waals surface area (Å²) < 4.78 is 76.2. The fraction of sp³-hybridized carbons (Fsp3) is 0.256. The van der Waals surface area contributed by atoms with Crippen LogP contribution in [0.4, 0.5) is 17.6 Å². The molecule has 0 saturated carbocycles. The van der Waals surface area contributed by atoms with Gasteiger partial charge in [-0.15, -0.1) is 24.2 Å². The number of fused-ring (bicyclic) bond motifs is 3. The Labute approximate surface area is 346 Å². The Morgan fingerprint density at radius 1 is 0.983 bits per heavy atom. The highest BCUT2D eigenvalue weighted by Gasteiger charge is 2.34. The number of hydrogen-bond donors (Lipinski definition) is 2. The predicted octanol–water partition coefficient (Wildman–Crippen LogP) is 6.54. The molecule has 310 valence electrons. The van der Waals surface area contributed by atoms with Crippen molar-refractivity contribution >= 4 is 32.6 Å². The van der Waals surface area contributed by atoms with E-state index in [9.17, 15) is 27.5 Å². The van der Waals surface area contributed by atoms with Gasteiger partial charge in [0, 0.05) is 43.7 Å². The van der Waals surface area contributed by atoms with Crippen LogP contribution in [0.25, 0.3) is 21.3 Å². The van der Waals surface area contributed by atoms with Crippen LogP contribution in [0.3, 0.4) is 0 Å². The third kappa shape index (κ3) is 10.1. The van der Waals surface area contributed by atoms with Crippen molar-refractivity contribution in [2.75, 3.05) is 26.9 Å². The number of alkyl halides is 3. The first-order valence-corrected chi connectivity index (χ1v) is 19.2. The van der Waals surface area contributed by atoms with Crippen LogP contribution in [0.5, 0.6) is 17.2 Å². The van der Waals surface area contributed by atoms with E-state index in [0.29, 0.717) is 66.6 Å². The molecule has 0 aliphatic heterocycles. The zero-order chi connectivity index (χ0) is 42.8. The summed E-state index contributed by atoms with van der Waals surface area (Å²) in [5.74, 6) is 6.47. The Kier molecular flexibility index (Phi) is 13.9. The molecule has 0 atom stereocenters. The first kappa shape index (κ1) is 42.9. The van der Waals surface area contributed by atoms with E-state index in [-0.39, 0.29) is 30.9 Å². The van der Waals surface area contributed by atoms with Gasteiger partial charge in [0.25, 0.3) is 5.56 Å². The largest absolute Gasteiger partial charge is 0.497 e. The number of ether oxygens (including phenoxy) is 3. The van der Waals surface area contributed by atoms with E-state index in [0.717, 1.165) is 38.4 Å². The van der Waals surface area contributed by atoms with Crippen molar-refractivity contribution in [1.29, 1.82) is 0 Å². The minimum absolute atomic E-state index is 0.0885. The summed E-state index contributed by atoms with van der Waals surface area (Å²) in [6.07, 6.45) is 8.80. The maximum atomic E-state index is 13.7. The summed E-state index contributed by atoms with van der Waals surface area (Å²) in [5, 5.41) is 22.7. The molecule has 3 aromatic carbocycles. The molecule has 17 heteroatoms. The van der Waals surface area contributed by atoms with Gasteiger partial charge in [-0.2, -0.15) is 23.4 Å². The molecule has 0 fully saturated rings. The molecule has 7 rings (SSSR count). The summed E-state index contributed by atoms with van der Waals surface area (Å²) >= 11 is 1.49. The molecule has 0 amide bonds. The molecular weight excluding hydrogens is 803 g/mol. The molecule has 12 nitrogen and oxygen atoms in total. The van der Waals surface area contributed by atoms with Crippen molar-refractivity contribution in [3.63, 3.8) is 0 Å². The van der Waals surface area contributed by atoms with Gasteiger partial charge in [0.05, 0.1) is 61.6 Å². The highest BCUT2D eigenvalue weighted by molar-refractivity contribution is 7.19. The summed E-state index contributed by atoms with van der Waals surface area (Å²) in [4.78, 5) is 18.3. The van der Waals surface area contributed by atoms with Crippen molar-refractivity contribution in [2.45, 2.75) is 38.8 Å². The molecule has 4 aromatic heterocycles. The number of hydrogen-bond acceptors (Lipinski definition) is 10. The van der Waals surface area contributed by atoms with Crippen molar-refractivity contribution in [3.05, 3.63) is 128 Å². The number of halogens is 4. The highest BCUT2D eigenvalue weighted by atomic mass is 32.1. The predicted molar refractivity (Wildman–Crippen MR) is 219 cm³/mol. The quantitative estimate of drug-likeness (QED) is 0.0672. The first-order chi connectivity index (χ1) is 29.0. The Hall–Kier alpha value is -6.66. The van der Waals surface area contributed by atoms with E-state index in [1.165, 1.54) is 22.1 Å². The second-order valence-electron chi connectivity index (χ2n) is 13.1. The maximum Gasteiger partial charge on any atom is 0.419 e. The summed E-state index contributed by atoms with van der Waals surface area (Å²) in [6, 6.07) is 15.3. The molecule has 2 N–H and O–H groups in total. The Morgan fingerprint density at radius 2 is 1.82 bits per heavy atom. The van der Waals surface area contributed by atoms with Crippen LogP contribution in [0.2, 0.25) is 0 Å². The van der Waals surface area contributed by atoms with Crippen LogP contribution in [0, 0.1) is 30.5 Å². The normalized spacial score (nSPS) is 11.2. The molecule has 0 aliphatic carbocycles. The smallest absolute Gasteiger partial charge is 0.419 e. The Morgan fingerprint density at radius 3 is 2.60 bits per heavy atom. The van der Waals surface area contributed by atoms with Crippen molar-refractivity contribution in [2.24, 2.45) is 7.05 Å². The van der Waals surface area contributed by atoms with Crippen LogP contribution in [0.1, 0.15) is 39.2 Å². The number of methoxy groups -OCH3 is 1. The number of aliphatic hydroxyl groups excluding tert-OH is 1. The van der Waals surface area contributed by atoms with Gasteiger partial charge in [-0.3, -0.25) is 9.48 Å². The molecule has 4 heterocycles. The monoisotopic (exact) mass is 841 g/mol. The summed E-state index contributed by atoms with van der Waals surface area (Å²) in [5.41, 5.74) is 2.11. The number of nitrogens with zero attached hydrogens (tertiary/aromatic N) is 6. The topological polar surface area (TPSA) is 130 Å². The van der Waals surface area contributed by atoms with Gasteiger partial charge in [0.15, 0.2) is 5.65 Å². The third-order valence-electron chi connectivity index (χ3n) is 9.06. The van der Waals surface area contributed by atoms with Crippen LogP contribution in [-0.4, -0.2) is 61.1 Å². The molecular formula is C43H39F4N7O5S. The fourth-order valence-electron chi connectivity index (χ4n) is 6.26. The molecule has 0 bridgehead atoms. The third-order valence-corrected chi connectivity index (χ3v) is 10.1. The number of nitrogens with one attached hydrogen (secondary N) is 1. The average molecular weight is 842 g/mol. The lowest BCUT2D eigenvalue weighted by atomic mass is 10.1. The van der Waals surface area contributed by atoms with Crippen LogP contribution < -0.4 is 25.1 Å². The number of benzene rings is 3. The van der Waals surface area contributed by atoms with Crippen molar-refractivity contribution < 1.29 is 36.9 Å². The van der Waals surface area contributed by atoms with Crippen LogP contribution >= 0.6 is 11.3 Å². The number of rotatable bonds is 15. The number of thiazole rings is 1. The van der Waals surface area contributed by atoms with Gasteiger partial charge in [-0.25, -0.2) is 14.1 Å². The van der Waals surface area contributed by atoms with E-state index in [4.69, 9.17) is 19.2 Å². The molecule has 0 aliphatic rings. The van der Waals surface area contributed by atoms with E-state index >= 15 is 0 Å². The standard InChI is InChI=1S/C41H37F4N7O5S.C2H2/c1-50-37-32(21-48-52(40(37)54)23-26-7-5-8-30(16-26)55-2)38-39(50)49-36(58-38)24-51-22-28(19-47-51)6-3-4-15-56-31-10-12-35(29(18-31)20-46-13-14-53)57-25-27-9-11-34(42)33(17-27)41(43,44)45;1-2/h5,7-12,16-19,21-22,46,53H,4,13-15,20,23-25H2,1-2H3;1-2H. The van der Waals surface area contributed by atoms with E-state index in [2.05, 4.69) is 40.2 Å². The first-order valence-electron chi connectivity index (χ1n) is 18.4. The number of aliphatic hydroxyl groups is 1. The van der Waals surface area contributed by atoms with Gasteiger partial charge >= 0.3 is 6.18 Å². The highest BCUT2D eigenvalue weighted by Crippen LogP contribution is 2.33. The van der Waals surface area contributed by atoms with Crippen LogP contribution in [-0.2, 0) is 39.5 Å². The summed E-state index contributed by atoms with van der Waals surface area (Å²) in [7, 11) is 3.43. The minimum Gasteiger partial charge on any atom is -0.497 e. The molecule has 0 unspecified atom stereocenters. The molecule has 0 saturated heterocycles. The molecule has 60 heavy (non-hydrogen) atoms. The van der Waals surface area contributed by atoms with Crippen LogP contribution in [0.15, 0.2) is 84.0 Å². The lowest BCUT2D eigenvalue weighted by Crippen LogP contribution is -2.24. The SMILES string of the molecule is C#C.COc1cccc(Cn2ncc3c4sc(Cn5cc(C#CCCOc6ccc(OCc7ccc(F)c(C(F)(F)F)c7)c(CNCCO)c6)cn5)nc4n(C)c3c2=O)c1. The zero-order valence-electron chi connectivity index (χ0n) is 32.5. The summed E-state index contributed by atoms with van der Waals surface area (Å²) in [6.45, 7) is 1.31.